The van der Waals surface area contributed by atoms with Crippen molar-refractivity contribution in [1.29, 1.82) is 0 Å². The van der Waals surface area contributed by atoms with Crippen molar-refractivity contribution < 1.29 is 33.8 Å². The maximum Gasteiger partial charge on any atom is 0.471 e. The first-order valence-corrected chi connectivity index (χ1v) is 8.27. The molecule has 0 amide bonds. The quantitative estimate of drug-likeness (QED) is 0.395. The average Bonchev–Trinajstić information content (AvgIpc) is 3.00. The molecule has 13 heteroatoms. The number of phosphoric ester groups is 1. The van der Waals surface area contributed by atoms with E-state index in [1.54, 1.807) is 0 Å². The molecule has 4 N–H and O–H groups in total. The molecule has 1 saturated heterocycles. The molecule has 2 aromatic heterocycles. The standard InChI is InChI=1S/C10H12ClN4O7P/c11-8(22-23(18,19)20)7-5(16)6(17)10(21-7)15-3-14-4-1-12-2-13-9(4)15/h1-3,5-8,10,16-17H,(H2,18,19,20)/t5-,6+,7-,8?,10+/m0/s1. The average molecular weight is 367 g/mol. The molecular weight excluding hydrogens is 355 g/mol. The molecule has 0 aromatic carbocycles. The molecule has 23 heavy (non-hydrogen) atoms. The van der Waals surface area contributed by atoms with Crippen LogP contribution in [-0.2, 0) is 13.8 Å². The summed E-state index contributed by atoms with van der Waals surface area (Å²) in [6, 6.07) is 0. The van der Waals surface area contributed by atoms with E-state index in [9.17, 15) is 14.8 Å². The molecule has 0 aliphatic carbocycles. The zero-order chi connectivity index (χ0) is 16.8. The van der Waals surface area contributed by atoms with Crippen molar-refractivity contribution >= 4 is 30.6 Å². The summed E-state index contributed by atoms with van der Waals surface area (Å²) in [5.41, 5.74) is -0.885. The lowest BCUT2D eigenvalue weighted by molar-refractivity contribution is -0.0601. The van der Waals surface area contributed by atoms with Gasteiger partial charge in [-0.3, -0.25) is 9.09 Å². The minimum atomic E-state index is -4.88. The number of aliphatic hydroxyl groups is 2. The normalized spacial score (nSPS) is 30.0. The van der Waals surface area contributed by atoms with Gasteiger partial charge in [0.2, 0.25) is 0 Å². The second-order valence-corrected chi connectivity index (χ2v) is 6.43. The Morgan fingerprint density at radius 1 is 1.35 bits per heavy atom. The van der Waals surface area contributed by atoms with E-state index >= 15 is 0 Å². The van der Waals surface area contributed by atoms with Gasteiger partial charge in [0.15, 0.2) is 17.4 Å². The van der Waals surface area contributed by atoms with Crippen LogP contribution in [0.15, 0.2) is 18.9 Å². The number of imidazole rings is 1. The van der Waals surface area contributed by atoms with Crippen molar-refractivity contribution in [2.45, 2.75) is 30.1 Å². The molecule has 1 aliphatic rings. The Morgan fingerprint density at radius 2 is 2.09 bits per heavy atom. The van der Waals surface area contributed by atoms with Crippen LogP contribution in [0.25, 0.3) is 11.2 Å². The topological polar surface area (TPSA) is 160 Å². The largest absolute Gasteiger partial charge is 0.471 e. The van der Waals surface area contributed by atoms with Gasteiger partial charge in [0, 0.05) is 0 Å². The van der Waals surface area contributed by atoms with Gasteiger partial charge in [0.05, 0.1) is 12.5 Å². The molecule has 0 saturated carbocycles. The Balaban J connectivity index is 1.86. The van der Waals surface area contributed by atoms with E-state index < -0.39 is 37.9 Å². The first-order chi connectivity index (χ1) is 10.8. The van der Waals surface area contributed by atoms with Crippen molar-refractivity contribution in [3.8, 4) is 0 Å². The molecule has 0 radical (unpaired) electrons. The molecule has 126 valence electrons. The third-order valence-corrected chi connectivity index (χ3v) is 4.25. The number of hydrogen-bond donors (Lipinski definition) is 4. The Bertz CT molecular complexity index is 754. The van der Waals surface area contributed by atoms with E-state index in [4.69, 9.17) is 26.1 Å². The van der Waals surface area contributed by atoms with Crippen molar-refractivity contribution in [2.24, 2.45) is 0 Å². The highest BCUT2D eigenvalue weighted by Gasteiger charge is 2.49. The highest BCUT2D eigenvalue weighted by atomic mass is 35.5. The monoisotopic (exact) mass is 366 g/mol. The van der Waals surface area contributed by atoms with Gasteiger partial charge < -0.3 is 24.7 Å². The molecular formula is C10H12ClN4O7P. The van der Waals surface area contributed by atoms with Gasteiger partial charge in [-0.1, -0.05) is 11.6 Å². The van der Waals surface area contributed by atoms with E-state index in [1.807, 2.05) is 0 Å². The number of alkyl halides is 1. The third-order valence-electron chi connectivity index (χ3n) is 3.28. The number of phosphoric acid groups is 1. The predicted octanol–water partition coefficient (Wildman–Crippen LogP) is -0.880. The van der Waals surface area contributed by atoms with Gasteiger partial charge in [-0.05, 0) is 0 Å². The van der Waals surface area contributed by atoms with E-state index in [-0.39, 0.29) is 0 Å². The lowest BCUT2D eigenvalue weighted by atomic mass is 10.1. The van der Waals surface area contributed by atoms with Crippen LogP contribution in [0, 0.1) is 0 Å². The molecule has 3 heterocycles. The van der Waals surface area contributed by atoms with Gasteiger partial charge >= 0.3 is 7.82 Å². The SMILES string of the molecule is O=P(O)(O)OC(Cl)[C@H]1O[C@@H](n2cnc3cncnc32)[C@H](O)[C@@H]1O. The summed E-state index contributed by atoms with van der Waals surface area (Å²) in [5.74, 6) is 0. The fourth-order valence-corrected chi connectivity index (χ4v) is 3.20. The van der Waals surface area contributed by atoms with Crippen LogP contribution >= 0.6 is 19.4 Å². The first-order valence-electron chi connectivity index (χ1n) is 6.30. The van der Waals surface area contributed by atoms with E-state index in [0.29, 0.717) is 11.2 Å². The van der Waals surface area contributed by atoms with Crippen LogP contribution in [0.1, 0.15) is 6.23 Å². The Kier molecular flexibility index (Phi) is 4.38. The van der Waals surface area contributed by atoms with Crippen LogP contribution in [-0.4, -0.2) is 63.4 Å². The predicted molar refractivity (Wildman–Crippen MR) is 74.0 cm³/mol. The van der Waals surface area contributed by atoms with Crippen molar-refractivity contribution in [3.05, 3.63) is 18.9 Å². The number of hydrogen-bond acceptors (Lipinski definition) is 8. The van der Waals surface area contributed by atoms with Gasteiger partial charge in [-0.15, -0.1) is 0 Å². The van der Waals surface area contributed by atoms with Crippen LogP contribution in [0.3, 0.4) is 0 Å². The van der Waals surface area contributed by atoms with E-state index in [1.165, 1.54) is 23.4 Å². The lowest BCUT2D eigenvalue weighted by Crippen LogP contribution is -2.37. The maximum absolute atomic E-state index is 10.8. The molecule has 5 atom stereocenters. The van der Waals surface area contributed by atoms with Gasteiger partial charge in [0.25, 0.3) is 0 Å². The van der Waals surface area contributed by atoms with E-state index in [0.717, 1.165) is 0 Å². The minimum absolute atomic E-state index is 0.346. The number of nitrogens with zero attached hydrogens (tertiary/aromatic N) is 4. The summed E-state index contributed by atoms with van der Waals surface area (Å²) in [5, 5.41) is 20.1. The van der Waals surface area contributed by atoms with Crippen molar-refractivity contribution in [1.82, 2.24) is 19.5 Å². The first kappa shape index (κ1) is 16.7. The fourth-order valence-electron chi connectivity index (χ4n) is 2.29. The Hall–Kier alpha value is -1.17. The summed E-state index contributed by atoms with van der Waals surface area (Å²) in [6.45, 7) is 0. The third kappa shape index (κ3) is 3.23. The summed E-state index contributed by atoms with van der Waals surface area (Å²) in [7, 11) is -4.88. The molecule has 3 rings (SSSR count). The second kappa shape index (κ2) is 6.04. The second-order valence-electron chi connectivity index (χ2n) is 4.80. The number of halogens is 1. The van der Waals surface area contributed by atoms with Crippen LogP contribution in [0.2, 0.25) is 0 Å². The lowest BCUT2D eigenvalue weighted by Gasteiger charge is -2.20. The zero-order valence-electron chi connectivity index (χ0n) is 11.2. The highest BCUT2D eigenvalue weighted by molar-refractivity contribution is 7.46. The molecule has 1 fully saturated rings. The molecule has 11 nitrogen and oxygen atoms in total. The van der Waals surface area contributed by atoms with Crippen molar-refractivity contribution in [2.75, 3.05) is 0 Å². The highest BCUT2D eigenvalue weighted by Crippen LogP contribution is 2.43. The summed E-state index contributed by atoms with van der Waals surface area (Å²) < 4.78 is 21.9. The summed E-state index contributed by atoms with van der Waals surface area (Å²) in [4.78, 5) is 29.4. The summed E-state index contributed by atoms with van der Waals surface area (Å²) >= 11 is 5.72. The number of ether oxygens (including phenoxy) is 1. The zero-order valence-corrected chi connectivity index (χ0v) is 12.9. The molecule has 0 bridgehead atoms. The Morgan fingerprint density at radius 3 is 2.78 bits per heavy atom. The molecule has 2 aromatic rings. The molecule has 0 spiro atoms. The molecule has 1 aliphatic heterocycles. The fraction of sp³-hybridized carbons (Fsp3) is 0.500. The van der Waals surface area contributed by atoms with Crippen LogP contribution < -0.4 is 0 Å². The van der Waals surface area contributed by atoms with Gasteiger partial charge in [-0.2, -0.15) is 0 Å². The minimum Gasteiger partial charge on any atom is -0.387 e. The molecule has 1 unspecified atom stereocenters. The van der Waals surface area contributed by atoms with Crippen LogP contribution in [0.4, 0.5) is 0 Å². The number of fused-ring (bicyclic) bond motifs is 1. The van der Waals surface area contributed by atoms with Gasteiger partial charge in [-0.25, -0.2) is 19.5 Å². The smallest absolute Gasteiger partial charge is 0.387 e. The van der Waals surface area contributed by atoms with Gasteiger partial charge in [0.1, 0.15) is 30.2 Å². The number of rotatable bonds is 4. The Labute approximate surface area is 133 Å². The number of aromatic nitrogens is 4. The van der Waals surface area contributed by atoms with E-state index in [2.05, 4.69) is 19.5 Å². The summed E-state index contributed by atoms with van der Waals surface area (Å²) in [6.07, 6.45) is -1.40. The van der Waals surface area contributed by atoms with Crippen molar-refractivity contribution in [3.63, 3.8) is 0 Å². The maximum atomic E-state index is 10.8. The van der Waals surface area contributed by atoms with Crippen LogP contribution in [0.5, 0.6) is 0 Å². The number of aliphatic hydroxyl groups excluding tert-OH is 2.